The van der Waals surface area contributed by atoms with E-state index in [1.54, 1.807) is 0 Å². The van der Waals surface area contributed by atoms with Crippen LogP contribution in [-0.4, -0.2) is 16.3 Å². The normalized spacial score (nSPS) is 21.8. The van der Waals surface area contributed by atoms with E-state index in [0.717, 1.165) is 12.5 Å². The molecule has 0 aromatic carbocycles. The maximum Gasteiger partial charge on any atom is 0.292 e. The zero-order chi connectivity index (χ0) is 15.2. The van der Waals surface area contributed by atoms with Crippen molar-refractivity contribution in [1.29, 1.82) is 0 Å². The SMILES string of the molecule is C#CCn1ncc(Cl)c(NCC2CCC(CC)CC2)c1=O. The lowest BCUT2D eigenvalue weighted by molar-refractivity contribution is 0.278. The second kappa shape index (κ2) is 7.51. The van der Waals surface area contributed by atoms with Crippen LogP contribution >= 0.6 is 11.6 Å². The van der Waals surface area contributed by atoms with E-state index >= 15 is 0 Å². The molecule has 0 atom stereocenters. The molecule has 1 fully saturated rings. The van der Waals surface area contributed by atoms with Gasteiger partial charge in [-0.3, -0.25) is 4.79 Å². The molecule has 0 radical (unpaired) electrons. The van der Waals surface area contributed by atoms with Gasteiger partial charge in [0.2, 0.25) is 0 Å². The van der Waals surface area contributed by atoms with E-state index in [2.05, 4.69) is 23.3 Å². The van der Waals surface area contributed by atoms with Crippen LogP contribution in [0.5, 0.6) is 0 Å². The first-order valence-electron chi connectivity index (χ1n) is 7.58. The van der Waals surface area contributed by atoms with Crippen LogP contribution in [0.4, 0.5) is 5.69 Å². The van der Waals surface area contributed by atoms with E-state index in [1.165, 1.54) is 43.0 Å². The minimum absolute atomic E-state index is 0.159. The van der Waals surface area contributed by atoms with Crippen molar-refractivity contribution in [3.8, 4) is 12.3 Å². The third kappa shape index (κ3) is 4.01. The van der Waals surface area contributed by atoms with Gasteiger partial charge in [0, 0.05) is 6.54 Å². The van der Waals surface area contributed by atoms with Crippen LogP contribution in [0.3, 0.4) is 0 Å². The van der Waals surface area contributed by atoms with E-state index in [0.29, 0.717) is 16.6 Å². The van der Waals surface area contributed by atoms with Gasteiger partial charge >= 0.3 is 0 Å². The van der Waals surface area contributed by atoms with Gasteiger partial charge in [-0.1, -0.05) is 43.7 Å². The smallest absolute Gasteiger partial charge is 0.292 e. The quantitative estimate of drug-likeness (QED) is 0.850. The Morgan fingerprint density at radius 2 is 2.10 bits per heavy atom. The first-order valence-corrected chi connectivity index (χ1v) is 7.96. The summed E-state index contributed by atoms with van der Waals surface area (Å²) in [6, 6.07) is 0. The molecule has 21 heavy (non-hydrogen) atoms. The minimum atomic E-state index is -0.248. The molecule has 0 spiro atoms. The number of nitrogens with one attached hydrogen (secondary N) is 1. The summed E-state index contributed by atoms with van der Waals surface area (Å²) in [6.07, 6.45) is 13.0. The van der Waals surface area contributed by atoms with Crippen molar-refractivity contribution < 1.29 is 0 Å². The summed E-state index contributed by atoms with van der Waals surface area (Å²) in [4.78, 5) is 12.2. The first kappa shape index (κ1) is 15.9. The Labute approximate surface area is 130 Å². The average molecular weight is 308 g/mol. The molecule has 0 amide bonds. The fourth-order valence-electron chi connectivity index (χ4n) is 2.92. The Kier molecular flexibility index (Phi) is 5.69. The molecule has 0 unspecified atom stereocenters. The number of anilines is 1. The highest BCUT2D eigenvalue weighted by Crippen LogP contribution is 2.30. The standard InChI is InChI=1S/C16H22ClN3O/c1-3-9-20-16(21)15(14(17)11-19-20)18-10-13-7-5-12(4-2)6-8-13/h1,11-13,18H,4-10H2,2H3. The highest BCUT2D eigenvalue weighted by molar-refractivity contribution is 6.32. The molecule has 0 aliphatic heterocycles. The van der Waals surface area contributed by atoms with Crippen LogP contribution in [0.2, 0.25) is 5.02 Å². The van der Waals surface area contributed by atoms with Crippen molar-refractivity contribution in [1.82, 2.24) is 9.78 Å². The topological polar surface area (TPSA) is 46.9 Å². The molecule has 1 N–H and O–H groups in total. The fraction of sp³-hybridized carbons (Fsp3) is 0.625. The molecule has 1 aliphatic rings. The van der Waals surface area contributed by atoms with Gasteiger partial charge in [-0.15, -0.1) is 6.42 Å². The average Bonchev–Trinajstić information content (AvgIpc) is 2.51. The summed E-state index contributed by atoms with van der Waals surface area (Å²) >= 11 is 6.07. The van der Waals surface area contributed by atoms with Crippen molar-refractivity contribution in [2.75, 3.05) is 11.9 Å². The second-order valence-corrected chi connectivity index (χ2v) is 6.12. The highest BCUT2D eigenvalue weighted by atomic mass is 35.5. The predicted molar refractivity (Wildman–Crippen MR) is 86.6 cm³/mol. The van der Waals surface area contributed by atoms with E-state index in [1.807, 2.05) is 0 Å². The van der Waals surface area contributed by atoms with Crippen molar-refractivity contribution in [2.24, 2.45) is 11.8 Å². The molecular formula is C16H22ClN3O. The first-order chi connectivity index (χ1) is 10.2. The van der Waals surface area contributed by atoms with E-state index in [9.17, 15) is 4.79 Å². The van der Waals surface area contributed by atoms with Crippen LogP contribution in [0.15, 0.2) is 11.0 Å². The van der Waals surface area contributed by atoms with Crippen LogP contribution in [0.25, 0.3) is 0 Å². The van der Waals surface area contributed by atoms with Crippen molar-refractivity contribution >= 4 is 17.3 Å². The number of rotatable bonds is 5. The molecule has 0 saturated heterocycles. The molecule has 1 aromatic heterocycles. The van der Waals surface area contributed by atoms with Gasteiger partial charge in [0.05, 0.1) is 11.2 Å². The monoisotopic (exact) mass is 307 g/mol. The van der Waals surface area contributed by atoms with Gasteiger partial charge in [-0.2, -0.15) is 5.10 Å². The maximum atomic E-state index is 12.2. The molecule has 0 bridgehead atoms. The molecule has 1 saturated carbocycles. The van der Waals surface area contributed by atoms with Gasteiger partial charge in [0.25, 0.3) is 5.56 Å². The molecule has 5 heteroatoms. The molecule has 114 valence electrons. The van der Waals surface area contributed by atoms with E-state index in [-0.39, 0.29) is 12.1 Å². The third-order valence-electron chi connectivity index (χ3n) is 4.35. The Morgan fingerprint density at radius 3 is 2.71 bits per heavy atom. The van der Waals surface area contributed by atoms with Crippen LogP contribution < -0.4 is 10.9 Å². The number of halogens is 1. The summed E-state index contributed by atoms with van der Waals surface area (Å²) in [5, 5.41) is 7.50. The van der Waals surface area contributed by atoms with Gasteiger partial charge in [-0.25, -0.2) is 4.68 Å². The van der Waals surface area contributed by atoms with Crippen molar-refractivity contribution in [3.63, 3.8) is 0 Å². The number of nitrogens with zero attached hydrogens (tertiary/aromatic N) is 2. The lowest BCUT2D eigenvalue weighted by atomic mass is 9.81. The van der Waals surface area contributed by atoms with Crippen molar-refractivity contribution in [3.05, 3.63) is 21.6 Å². The Hall–Kier alpha value is -1.47. The fourth-order valence-corrected chi connectivity index (χ4v) is 3.11. The molecule has 1 aromatic rings. The summed E-state index contributed by atoms with van der Waals surface area (Å²) in [6.45, 7) is 3.20. The maximum absolute atomic E-state index is 12.2. The zero-order valence-corrected chi connectivity index (χ0v) is 13.2. The number of aromatic nitrogens is 2. The number of hydrogen-bond donors (Lipinski definition) is 1. The van der Waals surface area contributed by atoms with Crippen LogP contribution in [-0.2, 0) is 6.54 Å². The molecule has 2 rings (SSSR count). The summed E-state index contributed by atoms with van der Waals surface area (Å²) < 4.78 is 1.25. The second-order valence-electron chi connectivity index (χ2n) is 5.71. The minimum Gasteiger partial charge on any atom is -0.379 e. The number of terminal acetylenes is 1. The van der Waals surface area contributed by atoms with E-state index < -0.39 is 0 Å². The van der Waals surface area contributed by atoms with Crippen LogP contribution in [0.1, 0.15) is 39.0 Å². The van der Waals surface area contributed by atoms with Gasteiger partial charge in [0.15, 0.2) is 0 Å². The number of hydrogen-bond acceptors (Lipinski definition) is 3. The lowest BCUT2D eigenvalue weighted by Gasteiger charge is -2.28. The molecule has 1 heterocycles. The predicted octanol–water partition coefficient (Wildman–Crippen LogP) is 3.16. The Bertz CT molecular complexity index is 568. The zero-order valence-electron chi connectivity index (χ0n) is 12.4. The largest absolute Gasteiger partial charge is 0.379 e. The molecule has 1 aliphatic carbocycles. The lowest BCUT2D eigenvalue weighted by Crippen LogP contribution is -2.28. The summed E-state index contributed by atoms with van der Waals surface area (Å²) in [5.74, 6) is 3.90. The molecular weight excluding hydrogens is 286 g/mol. The molecule has 4 nitrogen and oxygen atoms in total. The van der Waals surface area contributed by atoms with Gasteiger partial charge in [0.1, 0.15) is 12.2 Å². The Balaban J connectivity index is 1.99. The van der Waals surface area contributed by atoms with Crippen molar-refractivity contribution in [2.45, 2.75) is 45.6 Å². The van der Waals surface area contributed by atoms with E-state index in [4.69, 9.17) is 18.0 Å². The summed E-state index contributed by atoms with van der Waals surface area (Å²) in [5.41, 5.74) is 0.169. The van der Waals surface area contributed by atoms with Crippen LogP contribution in [0, 0.1) is 24.2 Å². The van der Waals surface area contributed by atoms with Gasteiger partial charge < -0.3 is 5.32 Å². The third-order valence-corrected chi connectivity index (χ3v) is 4.64. The Morgan fingerprint density at radius 1 is 1.43 bits per heavy atom. The highest BCUT2D eigenvalue weighted by Gasteiger charge is 2.20. The summed E-state index contributed by atoms with van der Waals surface area (Å²) in [7, 11) is 0. The van der Waals surface area contributed by atoms with Gasteiger partial charge in [-0.05, 0) is 24.7 Å².